The first-order chi connectivity index (χ1) is 14.0. The Morgan fingerprint density at radius 1 is 1.21 bits per heavy atom. The van der Waals surface area contributed by atoms with Crippen LogP contribution >= 0.6 is 0 Å². The van der Waals surface area contributed by atoms with Crippen LogP contribution in [-0.4, -0.2) is 26.4 Å². The number of piperidine rings is 1. The molecule has 4 rings (SSSR count). The summed E-state index contributed by atoms with van der Waals surface area (Å²) in [6.07, 6.45) is -2.13. The predicted octanol–water partition coefficient (Wildman–Crippen LogP) is 3.33. The number of hydrogen-bond donors (Lipinski definition) is 1. The van der Waals surface area contributed by atoms with Crippen LogP contribution < -0.4 is 19.5 Å². The Hall–Kier alpha value is -2.27. The van der Waals surface area contributed by atoms with Crippen LogP contribution in [0, 0.1) is 11.7 Å². The quantitative estimate of drug-likeness (QED) is 0.930. The Bertz CT molecular complexity index is 960. The van der Waals surface area contributed by atoms with Crippen LogP contribution in [0.25, 0.3) is 0 Å². The third kappa shape index (κ3) is 3.17. The molecule has 1 fully saturated rings. The van der Waals surface area contributed by atoms with E-state index in [-0.39, 0.29) is 42.5 Å². The van der Waals surface area contributed by atoms with Gasteiger partial charge in [0, 0.05) is 24.0 Å². The summed E-state index contributed by atoms with van der Waals surface area (Å²) < 4.78 is 79.0. The monoisotopic (exact) mass is 335 g/mol. The van der Waals surface area contributed by atoms with E-state index in [1.54, 1.807) is 0 Å². The molecule has 1 saturated heterocycles. The van der Waals surface area contributed by atoms with Gasteiger partial charge in [-0.3, -0.25) is 0 Å². The molecular formula is C19H20FNO3. The minimum atomic E-state index is -2.28. The van der Waals surface area contributed by atoms with Crippen molar-refractivity contribution in [3.8, 4) is 17.2 Å². The van der Waals surface area contributed by atoms with Crippen molar-refractivity contribution in [2.75, 3.05) is 26.4 Å². The smallest absolute Gasteiger partial charge is 0.231 e. The van der Waals surface area contributed by atoms with Crippen molar-refractivity contribution in [3.63, 3.8) is 0 Å². The molecule has 126 valence electrons. The van der Waals surface area contributed by atoms with E-state index in [9.17, 15) is 4.39 Å². The molecule has 0 bridgehead atoms. The van der Waals surface area contributed by atoms with Crippen LogP contribution in [0.3, 0.4) is 0 Å². The fraction of sp³-hybridized carbons (Fsp3) is 0.368. The van der Waals surface area contributed by atoms with Crippen LogP contribution in [0.2, 0.25) is 0 Å². The van der Waals surface area contributed by atoms with Crippen molar-refractivity contribution in [2.24, 2.45) is 5.89 Å². The maximum absolute atomic E-state index is 13.4. The van der Waals surface area contributed by atoms with Gasteiger partial charge < -0.3 is 19.5 Å². The maximum atomic E-state index is 13.4. The molecule has 4 nitrogen and oxygen atoms in total. The molecule has 0 aromatic heterocycles. The first kappa shape index (κ1) is 9.89. The molecule has 2 aromatic carbocycles. The first-order valence-corrected chi connectivity index (χ1v) is 7.58. The van der Waals surface area contributed by atoms with Gasteiger partial charge >= 0.3 is 0 Å². The second-order valence-corrected chi connectivity index (χ2v) is 5.45. The molecule has 1 unspecified atom stereocenters. The van der Waals surface area contributed by atoms with Gasteiger partial charge in [0.15, 0.2) is 11.5 Å². The standard InChI is InChI=1S/C19H20FNO3/c20-15-3-1-13(2-4-15)17-7-8-21-10-14(17)11-22-16-5-6-18-19(9-16)24-12-23-18/h1-6,9,14,17,21H,7-8,10-12H2/t14-,17?/m1/s1/i7D2,12D2,14D,17D. The molecule has 5 heteroatoms. The molecule has 2 aliphatic heterocycles. The summed E-state index contributed by atoms with van der Waals surface area (Å²) in [5, 5.41) is 2.86. The fourth-order valence-corrected chi connectivity index (χ4v) is 2.65. The van der Waals surface area contributed by atoms with Gasteiger partial charge in [-0.05, 0) is 48.6 Å². The van der Waals surface area contributed by atoms with Crippen LogP contribution in [0.5, 0.6) is 17.2 Å². The van der Waals surface area contributed by atoms with Crippen molar-refractivity contribution < 1.29 is 26.8 Å². The van der Waals surface area contributed by atoms with E-state index in [1.165, 1.54) is 30.3 Å². The third-order valence-electron chi connectivity index (χ3n) is 3.85. The van der Waals surface area contributed by atoms with Crippen LogP contribution in [0.15, 0.2) is 42.5 Å². The molecule has 24 heavy (non-hydrogen) atoms. The molecule has 2 aliphatic rings. The molecule has 2 atom stereocenters. The lowest BCUT2D eigenvalue weighted by Crippen LogP contribution is -2.38. The highest BCUT2D eigenvalue weighted by atomic mass is 19.1. The van der Waals surface area contributed by atoms with Gasteiger partial charge in [-0.25, -0.2) is 4.39 Å². The van der Waals surface area contributed by atoms with Gasteiger partial charge in [0.1, 0.15) is 14.3 Å². The second-order valence-electron chi connectivity index (χ2n) is 5.45. The molecule has 2 heterocycles. The zero-order chi connectivity index (χ0) is 21.8. The molecule has 2 aromatic rings. The highest BCUT2D eigenvalue weighted by Crippen LogP contribution is 2.36. The van der Waals surface area contributed by atoms with Gasteiger partial charge in [0.2, 0.25) is 6.75 Å². The fourth-order valence-electron chi connectivity index (χ4n) is 2.65. The van der Waals surface area contributed by atoms with Gasteiger partial charge in [0.25, 0.3) is 0 Å². The third-order valence-corrected chi connectivity index (χ3v) is 3.85. The van der Waals surface area contributed by atoms with Gasteiger partial charge in [0.05, 0.1) is 6.61 Å². The topological polar surface area (TPSA) is 39.7 Å². The Kier molecular flexibility index (Phi) is 2.76. The van der Waals surface area contributed by atoms with Crippen LogP contribution in [0.1, 0.15) is 26.1 Å². The summed E-state index contributed by atoms with van der Waals surface area (Å²) in [5.74, 6) is -3.68. The Balaban J connectivity index is 1.62. The average Bonchev–Trinajstić information content (AvgIpc) is 2.98. The Morgan fingerprint density at radius 3 is 2.92 bits per heavy atom. The highest BCUT2D eigenvalue weighted by Gasteiger charge is 2.27. The Labute approximate surface area is 149 Å². The normalized spacial score (nSPS) is 36.4. The first-order valence-electron chi connectivity index (χ1n) is 10.6. The van der Waals surface area contributed by atoms with E-state index < -0.39 is 30.7 Å². The zero-order valence-corrected chi connectivity index (χ0v) is 12.8. The zero-order valence-electron chi connectivity index (χ0n) is 18.8. The van der Waals surface area contributed by atoms with E-state index in [4.69, 9.17) is 22.4 Å². The number of rotatable bonds is 4. The summed E-state index contributed by atoms with van der Waals surface area (Å²) in [7, 11) is 0. The number of hydrogen-bond acceptors (Lipinski definition) is 4. The lowest BCUT2D eigenvalue weighted by Gasteiger charge is -2.32. The molecule has 0 amide bonds. The van der Waals surface area contributed by atoms with Crippen molar-refractivity contribution >= 4 is 0 Å². The van der Waals surface area contributed by atoms with Gasteiger partial charge in [-0.15, -0.1) is 0 Å². The highest BCUT2D eigenvalue weighted by molar-refractivity contribution is 5.46. The summed E-state index contributed by atoms with van der Waals surface area (Å²) >= 11 is 0. The summed E-state index contributed by atoms with van der Waals surface area (Å²) in [6, 6.07) is 9.36. The van der Waals surface area contributed by atoms with Crippen molar-refractivity contribution in [1.82, 2.24) is 5.32 Å². The lowest BCUT2D eigenvalue weighted by molar-refractivity contribution is 0.173. The SMILES string of the molecule is [2H]C1([2H])Oc2ccc(OC[C@@]3([2H])CNCC([2H])([2H])C3([2H])c3ccc(F)cc3)cc2O1. The molecule has 0 radical (unpaired) electrons. The molecule has 1 N–H and O–H groups in total. The van der Waals surface area contributed by atoms with E-state index in [0.717, 1.165) is 12.1 Å². The van der Waals surface area contributed by atoms with E-state index in [0.29, 0.717) is 0 Å². The Morgan fingerprint density at radius 2 is 2.04 bits per heavy atom. The molecule has 0 spiro atoms. The van der Waals surface area contributed by atoms with E-state index in [1.807, 2.05) is 0 Å². The minimum absolute atomic E-state index is 0.0134. The number of fused-ring (bicyclic) bond motifs is 1. The van der Waals surface area contributed by atoms with Crippen LogP contribution in [-0.2, 0) is 0 Å². The van der Waals surface area contributed by atoms with Crippen molar-refractivity contribution in [1.29, 1.82) is 0 Å². The van der Waals surface area contributed by atoms with Crippen molar-refractivity contribution in [2.45, 2.75) is 12.3 Å². The predicted molar refractivity (Wildman–Crippen MR) is 88.2 cm³/mol. The number of nitrogens with one attached hydrogen (secondary N) is 1. The van der Waals surface area contributed by atoms with Gasteiger partial charge in [-0.1, -0.05) is 12.1 Å². The minimum Gasteiger partial charge on any atom is -0.493 e. The summed E-state index contributed by atoms with van der Waals surface area (Å²) in [4.78, 5) is 0. The maximum Gasteiger partial charge on any atom is 0.231 e. The second kappa shape index (κ2) is 6.69. The van der Waals surface area contributed by atoms with E-state index in [2.05, 4.69) is 5.32 Å². The van der Waals surface area contributed by atoms with Crippen LogP contribution in [0.4, 0.5) is 4.39 Å². The molecular weight excluding hydrogens is 309 g/mol. The molecule has 0 saturated carbocycles. The number of halogens is 1. The lowest BCUT2D eigenvalue weighted by atomic mass is 9.81. The van der Waals surface area contributed by atoms with Gasteiger partial charge in [-0.2, -0.15) is 0 Å². The number of benzene rings is 2. The molecule has 0 aliphatic carbocycles. The largest absolute Gasteiger partial charge is 0.493 e. The average molecular weight is 335 g/mol. The summed E-state index contributed by atoms with van der Waals surface area (Å²) in [5.41, 5.74) is 0.188. The van der Waals surface area contributed by atoms with E-state index >= 15 is 0 Å². The summed E-state index contributed by atoms with van der Waals surface area (Å²) in [6.45, 7) is -2.76. The number of ether oxygens (including phenoxy) is 3. The van der Waals surface area contributed by atoms with Crippen molar-refractivity contribution in [3.05, 3.63) is 53.8 Å².